The molecule has 3 heteroatoms. The molecule has 4 rings (SSSR count). The Morgan fingerprint density at radius 3 is 2.50 bits per heavy atom. The second kappa shape index (κ2) is 5.13. The van der Waals surface area contributed by atoms with Crippen LogP contribution in [0.4, 0.5) is 5.69 Å². The molecule has 0 aromatic heterocycles. The number of rotatable bonds is 1. The first kappa shape index (κ1) is 13.8. The van der Waals surface area contributed by atoms with Gasteiger partial charge in [-0.2, -0.15) is 0 Å². The molecule has 2 N–H and O–H groups in total. The number of aliphatic imine (C=N–C) groups is 1. The number of amidine groups is 1. The summed E-state index contributed by atoms with van der Waals surface area (Å²) in [5.74, 6) is 0.811. The van der Waals surface area contributed by atoms with Crippen LogP contribution in [-0.4, -0.2) is 5.84 Å². The number of halogens is 1. The molecule has 1 aliphatic heterocycles. The molecule has 1 fully saturated rings. The molecule has 22 heavy (non-hydrogen) atoms. The van der Waals surface area contributed by atoms with Gasteiger partial charge in [0, 0.05) is 5.02 Å². The summed E-state index contributed by atoms with van der Waals surface area (Å²) in [6.07, 6.45) is 6.01. The molecule has 1 saturated carbocycles. The maximum absolute atomic E-state index is 6.34. The molecule has 1 aliphatic carbocycles. The number of fused-ring (bicyclic) bond motifs is 2. The average Bonchev–Trinajstić information content (AvgIpc) is 2.80. The fourth-order valence-electron chi connectivity index (χ4n) is 3.92. The van der Waals surface area contributed by atoms with Gasteiger partial charge < -0.3 is 5.73 Å². The number of nitrogens with zero attached hydrogens (tertiary/aromatic N) is 1. The predicted molar refractivity (Wildman–Crippen MR) is 92.9 cm³/mol. The monoisotopic (exact) mass is 310 g/mol. The van der Waals surface area contributed by atoms with E-state index in [4.69, 9.17) is 17.3 Å². The van der Waals surface area contributed by atoms with E-state index in [1.807, 2.05) is 18.2 Å². The van der Waals surface area contributed by atoms with Gasteiger partial charge in [0.25, 0.3) is 0 Å². The van der Waals surface area contributed by atoms with Gasteiger partial charge in [-0.15, -0.1) is 0 Å². The van der Waals surface area contributed by atoms with Gasteiger partial charge in [-0.3, -0.25) is 0 Å². The van der Waals surface area contributed by atoms with Crippen LogP contribution in [0.3, 0.4) is 0 Å². The van der Waals surface area contributed by atoms with Crippen LogP contribution in [0.1, 0.15) is 37.7 Å². The summed E-state index contributed by atoms with van der Waals surface area (Å²) >= 11 is 6.13. The van der Waals surface area contributed by atoms with Crippen molar-refractivity contribution in [2.45, 2.75) is 37.5 Å². The van der Waals surface area contributed by atoms with E-state index in [2.05, 4.69) is 29.3 Å². The highest BCUT2D eigenvalue weighted by atomic mass is 35.5. The Morgan fingerprint density at radius 2 is 1.73 bits per heavy atom. The number of hydrogen-bond acceptors (Lipinski definition) is 2. The van der Waals surface area contributed by atoms with Gasteiger partial charge >= 0.3 is 0 Å². The maximum atomic E-state index is 6.34. The van der Waals surface area contributed by atoms with Gasteiger partial charge in [0.1, 0.15) is 5.84 Å². The third kappa shape index (κ3) is 2.05. The molecule has 0 saturated heterocycles. The lowest BCUT2D eigenvalue weighted by Crippen LogP contribution is -2.40. The third-order valence-electron chi connectivity index (χ3n) is 5.11. The van der Waals surface area contributed by atoms with E-state index in [-0.39, 0.29) is 5.41 Å². The SMILES string of the molecule is NC1=Nc2ccc(-c3cccc(Cl)c3)cc2C12CCCCC2. The van der Waals surface area contributed by atoms with Crippen LogP contribution in [0.15, 0.2) is 47.5 Å². The van der Waals surface area contributed by atoms with Crippen molar-refractivity contribution in [3.8, 4) is 11.1 Å². The highest BCUT2D eigenvalue weighted by molar-refractivity contribution is 6.30. The van der Waals surface area contributed by atoms with Crippen LogP contribution < -0.4 is 5.73 Å². The van der Waals surface area contributed by atoms with E-state index in [9.17, 15) is 0 Å². The Labute approximate surface area is 136 Å². The van der Waals surface area contributed by atoms with E-state index in [1.165, 1.54) is 30.4 Å². The van der Waals surface area contributed by atoms with Crippen molar-refractivity contribution in [3.63, 3.8) is 0 Å². The van der Waals surface area contributed by atoms with Crippen LogP contribution in [-0.2, 0) is 5.41 Å². The topological polar surface area (TPSA) is 38.4 Å². The zero-order valence-corrected chi connectivity index (χ0v) is 13.2. The quantitative estimate of drug-likeness (QED) is 0.771. The number of nitrogens with two attached hydrogens (primary N) is 1. The van der Waals surface area contributed by atoms with Gasteiger partial charge in [0.05, 0.1) is 11.1 Å². The van der Waals surface area contributed by atoms with Gasteiger partial charge in [-0.1, -0.05) is 49.1 Å². The van der Waals surface area contributed by atoms with E-state index >= 15 is 0 Å². The van der Waals surface area contributed by atoms with Crippen molar-refractivity contribution in [3.05, 3.63) is 53.1 Å². The van der Waals surface area contributed by atoms with E-state index in [1.54, 1.807) is 0 Å². The van der Waals surface area contributed by atoms with E-state index in [0.29, 0.717) is 0 Å². The molecular formula is C19H19ClN2. The lowest BCUT2D eigenvalue weighted by molar-refractivity contribution is 0.384. The second-order valence-corrected chi connectivity index (χ2v) is 6.82. The van der Waals surface area contributed by atoms with Gasteiger partial charge in [0.2, 0.25) is 0 Å². The largest absolute Gasteiger partial charge is 0.386 e. The minimum absolute atomic E-state index is 0.0256. The molecule has 112 valence electrons. The molecule has 2 aliphatic rings. The highest BCUT2D eigenvalue weighted by Gasteiger charge is 2.43. The van der Waals surface area contributed by atoms with Crippen LogP contribution in [0.25, 0.3) is 11.1 Å². The van der Waals surface area contributed by atoms with Crippen molar-refractivity contribution in [1.82, 2.24) is 0 Å². The van der Waals surface area contributed by atoms with Gasteiger partial charge in [0.15, 0.2) is 0 Å². The van der Waals surface area contributed by atoms with Crippen molar-refractivity contribution in [2.75, 3.05) is 0 Å². The molecule has 2 nitrogen and oxygen atoms in total. The lowest BCUT2D eigenvalue weighted by atomic mass is 9.69. The summed E-state index contributed by atoms with van der Waals surface area (Å²) in [6.45, 7) is 0. The maximum Gasteiger partial charge on any atom is 0.110 e. The first-order valence-corrected chi connectivity index (χ1v) is 8.32. The normalized spacial score (nSPS) is 19.0. The molecule has 0 radical (unpaired) electrons. The lowest BCUT2D eigenvalue weighted by Gasteiger charge is -2.34. The van der Waals surface area contributed by atoms with Gasteiger partial charge in [-0.05, 0) is 53.8 Å². The first-order chi connectivity index (χ1) is 10.7. The fourth-order valence-corrected chi connectivity index (χ4v) is 4.11. The van der Waals surface area contributed by atoms with Crippen LogP contribution in [0, 0.1) is 0 Å². The standard InChI is InChI=1S/C19H19ClN2/c20-15-6-4-5-13(11-15)14-7-8-17-16(12-14)19(18(21)22-17)9-2-1-3-10-19/h4-8,11-12H,1-3,9-10H2,(H2,21,22). The number of benzene rings is 2. The Hall–Kier alpha value is -1.80. The second-order valence-electron chi connectivity index (χ2n) is 6.38. The summed E-state index contributed by atoms with van der Waals surface area (Å²) in [5.41, 5.74) is 11.0. The van der Waals surface area contributed by atoms with Crippen molar-refractivity contribution in [1.29, 1.82) is 0 Å². The fraction of sp³-hybridized carbons (Fsp3) is 0.316. The molecule has 1 heterocycles. The Balaban J connectivity index is 1.82. The summed E-state index contributed by atoms with van der Waals surface area (Å²) in [6, 6.07) is 14.5. The summed E-state index contributed by atoms with van der Waals surface area (Å²) in [5, 5.41) is 0.765. The average molecular weight is 311 g/mol. The van der Waals surface area contributed by atoms with Gasteiger partial charge in [-0.25, -0.2) is 4.99 Å². The Kier molecular flexibility index (Phi) is 3.23. The zero-order chi connectivity index (χ0) is 15.2. The molecule has 1 spiro atoms. The highest BCUT2D eigenvalue weighted by Crippen LogP contribution is 2.48. The van der Waals surface area contributed by atoms with Crippen LogP contribution >= 0.6 is 11.6 Å². The molecular weight excluding hydrogens is 292 g/mol. The zero-order valence-electron chi connectivity index (χ0n) is 12.5. The van der Waals surface area contributed by atoms with Crippen LogP contribution in [0.5, 0.6) is 0 Å². The smallest absolute Gasteiger partial charge is 0.110 e. The summed E-state index contributed by atoms with van der Waals surface area (Å²) in [4.78, 5) is 4.65. The molecule has 2 aromatic rings. The molecule has 0 unspecified atom stereocenters. The minimum Gasteiger partial charge on any atom is -0.386 e. The van der Waals surface area contributed by atoms with Crippen molar-refractivity contribution >= 4 is 23.1 Å². The summed E-state index contributed by atoms with van der Waals surface area (Å²) in [7, 11) is 0. The summed E-state index contributed by atoms with van der Waals surface area (Å²) < 4.78 is 0. The number of hydrogen-bond donors (Lipinski definition) is 1. The van der Waals surface area contributed by atoms with Crippen molar-refractivity contribution in [2.24, 2.45) is 10.7 Å². The first-order valence-electron chi connectivity index (χ1n) is 7.94. The predicted octanol–water partition coefficient (Wildman–Crippen LogP) is 5.21. The molecule has 0 atom stereocenters. The molecule has 0 bridgehead atoms. The molecule has 2 aromatic carbocycles. The van der Waals surface area contributed by atoms with Crippen molar-refractivity contribution < 1.29 is 0 Å². The Bertz CT molecular complexity index is 758. The van der Waals surface area contributed by atoms with Crippen LogP contribution in [0.2, 0.25) is 5.02 Å². The molecule has 0 amide bonds. The third-order valence-corrected chi connectivity index (χ3v) is 5.34. The Morgan fingerprint density at radius 1 is 0.955 bits per heavy atom. The minimum atomic E-state index is -0.0256. The van der Waals surface area contributed by atoms with E-state index < -0.39 is 0 Å². The van der Waals surface area contributed by atoms with E-state index in [0.717, 1.165) is 35.0 Å².